The third-order valence-electron chi connectivity index (χ3n) is 14.1. The van der Waals surface area contributed by atoms with Crippen LogP contribution in [0.5, 0.6) is 0 Å². The topological polar surface area (TPSA) is 31.3 Å². The highest BCUT2D eigenvalue weighted by Crippen LogP contribution is 2.46. The van der Waals surface area contributed by atoms with Gasteiger partial charge >= 0.3 is 0 Å². The highest BCUT2D eigenvalue weighted by atomic mass is 32.1. The smallest absolute Gasteiger partial charge is 0.263 e. The number of hydrogen-bond acceptors (Lipinski definition) is 2. The average molecular weight is 858 g/mol. The first kappa shape index (κ1) is 35.9. The van der Waals surface area contributed by atoms with Gasteiger partial charge in [-0.2, -0.15) is 0 Å². The third-order valence-corrected chi connectivity index (χ3v) is 15.4. The first-order valence-electron chi connectivity index (χ1n) is 22.5. The van der Waals surface area contributed by atoms with Crippen molar-refractivity contribution in [2.45, 2.75) is 0 Å². The van der Waals surface area contributed by atoms with E-state index in [2.05, 4.69) is 197 Å². The summed E-state index contributed by atoms with van der Waals surface area (Å²) >= 11 is 1.85. The molecule has 0 radical (unpaired) electrons. The minimum absolute atomic E-state index is 0.0244. The molecule has 66 heavy (non-hydrogen) atoms. The number of rotatable bonds is 4. The molecule has 0 aliphatic heterocycles. The van der Waals surface area contributed by atoms with Crippen LogP contribution in [0, 0.1) is 0 Å². The normalized spacial score (nSPS) is 12.3. The predicted molar refractivity (Wildman–Crippen MR) is 280 cm³/mol. The summed E-state index contributed by atoms with van der Waals surface area (Å²) in [7, 11) is 0. The van der Waals surface area contributed by atoms with Crippen molar-refractivity contribution in [1.82, 2.24) is 13.5 Å². The van der Waals surface area contributed by atoms with Crippen molar-refractivity contribution in [2.75, 3.05) is 0 Å². The van der Waals surface area contributed by atoms with Crippen molar-refractivity contribution in [3.8, 4) is 33.6 Å². The van der Waals surface area contributed by atoms with Crippen LogP contribution in [-0.2, 0) is 0 Å². The molecule has 5 aromatic heterocycles. The average Bonchev–Trinajstić information content (AvgIpc) is 4.12. The number of thiophene rings is 1. The van der Waals surface area contributed by atoms with E-state index in [1.807, 2.05) is 40.0 Å². The van der Waals surface area contributed by atoms with Crippen molar-refractivity contribution in [3.05, 3.63) is 223 Å². The standard InChI is InChI=1S/C61H35N3OS/c65-61-47-21-5-4-16-41(47)50-31-38(32-51-44-19-8-12-24-55(44)64(61)59(50)51)48-34-40(35-52-46-20-9-13-25-58(46)66-60(48)52)63-54-23-11-7-18-43(54)49-30-36(27-29-56(49)63)37-26-28-45-42-17-6-10-22-53(42)62(57(45)33-37)39-14-2-1-3-15-39/h1-35H. The maximum absolute atomic E-state index is 14.2. The first-order valence-corrected chi connectivity index (χ1v) is 23.3. The summed E-state index contributed by atoms with van der Waals surface area (Å²) in [4.78, 5) is 14.2. The largest absolute Gasteiger partial charge is 0.309 e. The Morgan fingerprint density at radius 3 is 1.62 bits per heavy atom. The molecule has 0 N–H and O–H groups in total. The van der Waals surface area contributed by atoms with Crippen LogP contribution in [0.2, 0.25) is 0 Å². The number of pyridine rings is 1. The molecule has 0 saturated heterocycles. The fourth-order valence-corrected chi connectivity index (χ4v) is 12.5. The molecular formula is C61H35N3OS. The zero-order chi connectivity index (χ0) is 43.2. The van der Waals surface area contributed by atoms with Crippen LogP contribution < -0.4 is 5.56 Å². The first-order chi connectivity index (χ1) is 32.7. The Hall–Kier alpha value is -8.51. The van der Waals surface area contributed by atoms with E-state index in [1.54, 1.807) is 0 Å². The van der Waals surface area contributed by atoms with E-state index in [0.717, 1.165) is 65.9 Å². The summed E-state index contributed by atoms with van der Waals surface area (Å²) in [6.07, 6.45) is 0. The molecule has 0 spiro atoms. The molecule has 0 atom stereocenters. The molecule has 0 fully saturated rings. The molecule has 0 bridgehead atoms. The number of para-hydroxylation sites is 4. The summed E-state index contributed by atoms with van der Waals surface area (Å²) in [5, 5.41) is 12.4. The van der Waals surface area contributed by atoms with E-state index >= 15 is 0 Å². The van der Waals surface area contributed by atoms with Crippen molar-refractivity contribution >= 4 is 113 Å². The van der Waals surface area contributed by atoms with Gasteiger partial charge in [-0.25, -0.2) is 0 Å². The van der Waals surface area contributed by atoms with E-state index in [1.165, 1.54) is 69.4 Å². The molecular weight excluding hydrogens is 823 g/mol. The monoisotopic (exact) mass is 857 g/mol. The summed E-state index contributed by atoms with van der Waals surface area (Å²) in [6, 6.07) is 76.8. The van der Waals surface area contributed by atoms with Crippen LogP contribution in [0.25, 0.3) is 135 Å². The van der Waals surface area contributed by atoms with Gasteiger partial charge in [0, 0.05) is 80.2 Å². The molecule has 10 aromatic carbocycles. The molecule has 4 nitrogen and oxygen atoms in total. The van der Waals surface area contributed by atoms with Gasteiger partial charge in [0.15, 0.2) is 0 Å². The summed E-state index contributed by atoms with van der Waals surface area (Å²) in [5.41, 5.74) is 13.6. The summed E-state index contributed by atoms with van der Waals surface area (Å²) in [5.74, 6) is 0. The highest BCUT2D eigenvalue weighted by molar-refractivity contribution is 7.26. The minimum Gasteiger partial charge on any atom is -0.309 e. The minimum atomic E-state index is 0.0244. The Morgan fingerprint density at radius 1 is 0.318 bits per heavy atom. The number of benzene rings is 10. The maximum Gasteiger partial charge on any atom is 0.263 e. The quantitative estimate of drug-likeness (QED) is 0.162. The van der Waals surface area contributed by atoms with Gasteiger partial charge < -0.3 is 9.13 Å². The van der Waals surface area contributed by atoms with E-state index in [4.69, 9.17) is 0 Å². The molecule has 0 saturated carbocycles. The van der Waals surface area contributed by atoms with Crippen LogP contribution in [-0.4, -0.2) is 13.5 Å². The fraction of sp³-hybridized carbons (Fsp3) is 0. The number of fused-ring (bicyclic) bond motifs is 14. The second kappa shape index (κ2) is 13.3. The van der Waals surface area contributed by atoms with Crippen LogP contribution in [0.15, 0.2) is 217 Å². The number of nitrogens with zero attached hydrogens (tertiary/aromatic N) is 3. The van der Waals surface area contributed by atoms with Gasteiger partial charge in [0.1, 0.15) is 0 Å². The van der Waals surface area contributed by atoms with E-state index in [0.29, 0.717) is 0 Å². The highest BCUT2D eigenvalue weighted by Gasteiger charge is 2.22. The predicted octanol–water partition coefficient (Wildman–Crippen LogP) is 16.1. The van der Waals surface area contributed by atoms with Crippen LogP contribution in [0.3, 0.4) is 0 Å². The Kier molecular flexibility index (Phi) is 7.22. The van der Waals surface area contributed by atoms with Gasteiger partial charge in [-0.3, -0.25) is 9.20 Å². The Labute approximate surface area is 381 Å². The molecule has 306 valence electrons. The van der Waals surface area contributed by atoms with Gasteiger partial charge in [-0.15, -0.1) is 11.3 Å². The van der Waals surface area contributed by atoms with E-state index < -0.39 is 0 Å². The Balaban J connectivity index is 0.986. The zero-order valence-corrected chi connectivity index (χ0v) is 36.2. The molecule has 0 unspecified atom stereocenters. The lowest BCUT2D eigenvalue weighted by Crippen LogP contribution is -2.12. The van der Waals surface area contributed by atoms with Crippen LogP contribution in [0.4, 0.5) is 0 Å². The number of aromatic nitrogens is 3. The van der Waals surface area contributed by atoms with E-state index in [-0.39, 0.29) is 5.56 Å². The molecule has 15 aromatic rings. The third kappa shape index (κ3) is 4.84. The van der Waals surface area contributed by atoms with Gasteiger partial charge in [0.05, 0.1) is 33.1 Å². The molecule has 5 heteroatoms. The molecule has 0 aliphatic carbocycles. The van der Waals surface area contributed by atoms with Crippen molar-refractivity contribution in [1.29, 1.82) is 0 Å². The van der Waals surface area contributed by atoms with Crippen LogP contribution in [0.1, 0.15) is 0 Å². The molecule has 5 heterocycles. The summed E-state index contributed by atoms with van der Waals surface area (Å²) < 4.78 is 9.30. The van der Waals surface area contributed by atoms with Gasteiger partial charge in [0.2, 0.25) is 0 Å². The van der Waals surface area contributed by atoms with Crippen molar-refractivity contribution in [3.63, 3.8) is 0 Å². The van der Waals surface area contributed by atoms with Gasteiger partial charge in [-0.1, -0.05) is 127 Å². The fourth-order valence-electron chi connectivity index (χ4n) is 11.3. The SMILES string of the molecule is O=c1c2ccccc2c2cc(-c3cc(-n4c5ccccc5c5cc(-c6ccc7c8ccccc8n(-c8ccccc8)c7c6)ccc54)cc4c3sc3ccccc34)cc3c4ccccc4n1c23. The molecule has 15 rings (SSSR count). The number of hydrogen-bond donors (Lipinski definition) is 0. The van der Waals surface area contributed by atoms with E-state index in [9.17, 15) is 4.79 Å². The Bertz CT molecular complexity index is 4610. The lowest BCUT2D eigenvalue weighted by molar-refractivity contribution is 1.18. The molecule has 0 aliphatic rings. The van der Waals surface area contributed by atoms with Crippen LogP contribution >= 0.6 is 11.3 Å². The van der Waals surface area contributed by atoms with Gasteiger partial charge in [0.25, 0.3) is 5.56 Å². The summed E-state index contributed by atoms with van der Waals surface area (Å²) in [6.45, 7) is 0. The van der Waals surface area contributed by atoms with Crippen molar-refractivity contribution < 1.29 is 0 Å². The maximum atomic E-state index is 14.2. The lowest BCUT2D eigenvalue weighted by Gasteiger charge is -2.14. The second-order valence-electron chi connectivity index (χ2n) is 17.6. The molecule has 0 amide bonds. The van der Waals surface area contributed by atoms with Gasteiger partial charge in [-0.05, 0) is 107 Å². The zero-order valence-electron chi connectivity index (χ0n) is 35.4. The second-order valence-corrected chi connectivity index (χ2v) is 18.6. The lowest BCUT2D eigenvalue weighted by atomic mass is 9.96. The van der Waals surface area contributed by atoms with Crippen molar-refractivity contribution in [2.24, 2.45) is 0 Å². The Morgan fingerprint density at radius 2 is 0.848 bits per heavy atom.